The highest BCUT2D eigenvalue weighted by atomic mass is 16.5. The lowest BCUT2D eigenvalue weighted by molar-refractivity contribution is 0.344. The Morgan fingerprint density at radius 2 is 2.50 bits per heavy atom. The van der Waals surface area contributed by atoms with Crippen molar-refractivity contribution in [3.8, 4) is 11.6 Å². The van der Waals surface area contributed by atoms with Crippen LogP contribution in [0, 0.1) is 0 Å². The minimum atomic E-state index is 0.212. The van der Waals surface area contributed by atoms with Crippen LogP contribution in [0.1, 0.15) is 5.56 Å². The highest BCUT2D eigenvalue weighted by Gasteiger charge is 2.12. The summed E-state index contributed by atoms with van der Waals surface area (Å²) < 4.78 is 5.13. The van der Waals surface area contributed by atoms with Crippen molar-refractivity contribution in [2.45, 2.75) is 6.42 Å². The number of aromatic hydroxyl groups is 1. The van der Waals surface area contributed by atoms with Gasteiger partial charge in [-0.2, -0.15) is 0 Å². The molecule has 0 spiro atoms. The van der Waals surface area contributed by atoms with Gasteiger partial charge in [0.15, 0.2) is 0 Å². The maximum atomic E-state index is 8.98. The average molecular weight is 137 g/mol. The number of pyridine rings is 1. The number of aromatic nitrogens is 1. The zero-order valence-electron chi connectivity index (χ0n) is 5.37. The molecule has 0 fully saturated rings. The van der Waals surface area contributed by atoms with Crippen molar-refractivity contribution >= 4 is 0 Å². The number of nitrogens with zero attached hydrogens (tertiary/aromatic N) is 1. The highest BCUT2D eigenvalue weighted by molar-refractivity contribution is 5.34. The van der Waals surface area contributed by atoms with Crippen molar-refractivity contribution in [3.05, 3.63) is 17.8 Å². The topological polar surface area (TPSA) is 42.4 Å². The Morgan fingerprint density at radius 3 is 3.40 bits per heavy atom. The highest BCUT2D eigenvalue weighted by Crippen LogP contribution is 2.24. The number of ether oxygens (including phenoxy) is 1. The molecule has 0 radical (unpaired) electrons. The van der Waals surface area contributed by atoms with E-state index in [2.05, 4.69) is 4.98 Å². The molecule has 2 heterocycles. The van der Waals surface area contributed by atoms with Crippen LogP contribution in [0.3, 0.4) is 0 Å². The van der Waals surface area contributed by atoms with E-state index in [1.165, 1.54) is 6.20 Å². The van der Waals surface area contributed by atoms with Crippen molar-refractivity contribution in [2.24, 2.45) is 0 Å². The molecule has 1 aliphatic rings. The van der Waals surface area contributed by atoms with Gasteiger partial charge in [0.2, 0.25) is 5.88 Å². The lowest BCUT2D eigenvalue weighted by Crippen LogP contribution is -1.87. The Labute approximate surface area is 58.3 Å². The Bertz CT molecular complexity index is 260. The van der Waals surface area contributed by atoms with Gasteiger partial charge in [-0.25, -0.2) is 4.98 Å². The van der Waals surface area contributed by atoms with Gasteiger partial charge < -0.3 is 9.84 Å². The van der Waals surface area contributed by atoms with Crippen LogP contribution in [-0.2, 0) is 6.42 Å². The van der Waals surface area contributed by atoms with Crippen molar-refractivity contribution in [3.63, 3.8) is 0 Å². The molecule has 0 saturated carbocycles. The predicted octanol–water partition coefficient (Wildman–Crippen LogP) is 0.722. The smallest absolute Gasteiger partial charge is 0.216 e. The molecular formula is C7H7NO2. The summed E-state index contributed by atoms with van der Waals surface area (Å²) in [6.07, 6.45) is 2.25. The molecule has 3 heteroatoms. The molecule has 10 heavy (non-hydrogen) atoms. The van der Waals surface area contributed by atoms with Crippen molar-refractivity contribution in [1.82, 2.24) is 4.98 Å². The summed E-state index contributed by atoms with van der Waals surface area (Å²) in [5.74, 6) is 0.877. The molecule has 1 aromatic heterocycles. The quantitative estimate of drug-likeness (QED) is 0.573. The maximum Gasteiger partial charge on any atom is 0.216 e. The van der Waals surface area contributed by atoms with Gasteiger partial charge in [0.25, 0.3) is 0 Å². The molecule has 3 nitrogen and oxygen atoms in total. The first-order valence-electron chi connectivity index (χ1n) is 3.17. The molecule has 0 bridgehead atoms. The fourth-order valence-electron chi connectivity index (χ4n) is 1.05. The van der Waals surface area contributed by atoms with Crippen LogP contribution in [0.5, 0.6) is 11.6 Å². The predicted molar refractivity (Wildman–Crippen MR) is 35.1 cm³/mol. The second-order valence-corrected chi connectivity index (χ2v) is 2.26. The molecule has 0 saturated heterocycles. The molecule has 0 unspecified atom stereocenters. The third-order valence-electron chi connectivity index (χ3n) is 1.52. The summed E-state index contributed by atoms with van der Waals surface area (Å²) in [5.41, 5.74) is 1.00. The first-order chi connectivity index (χ1) is 4.86. The summed E-state index contributed by atoms with van der Waals surface area (Å²) in [7, 11) is 0. The molecule has 0 amide bonds. The molecule has 52 valence electrons. The fourth-order valence-corrected chi connectivity index (χ4v) is 1.05. The Morgan fingerprint density at radius 1 is 1.60 bits per heavy atom. The minimum absolute atomic E-state index is 0.212. The number of rotatable bonds is 0. The average Bonchev–Trinajstić information content (AvgIpc) is 2.33. The SMILES string of the molecule is Oc1cnc2c(c1)CCO2. The molecule has 1 N–H and O–H groups in total. The summed E-state index contributed by atoms with van der Waals surface area (Å²) in [6.45, 7) is 0.686. The monoisotopic (exact) mass is 137 g/mol. The molecule has 0 aromatic carbocycles. The van der Waals surface area contributed by atoms with E-state index in [0.29, 0.717) is 12.5 Å². The van der Waals surface area contributed by atoms with Gasteiger partial charge in [-0.3, -0.25) is 0 Å². The van der Waals surface area contributed by atoms with Gasteiger partial charge in [0.05, 0.1) is 12.8 Å². The van der Waals surface area contributed by atoms with Crippen molar-refractivity contribution < 1.29 is 9.84 Å². The Kier molecular flexibility index (Phi) is 1.03. The Hall–Kier alpha value is -1.25. The maximum absolute atomic E-state index is 8.98. The van der Waals surface area contributed by atoms with Gasteiger partial charge in [-0.05, 0) is 6.07 Å². The third kappa shape index (κ3) is 0.708. The van der Waals surface area contributed by atoms with Crippen LogP contribution < -0.4 is 4.74 Å². The van der Waals surface area contributed by atoms with Crippen LogP contribution in [-0.4, -0.2) is 16.7 Å². The van der Waals surface area contributed by atoms with E-state index in [1.807, 2.05) is 0 Å². The van der Waals surface area contributed by atoms with E-state index in [4.69, 9.17) is 9.84 Å². The van der Waals surface area contributed by atoms with Crippen LogP contribution in [0.2, 0.25) is 0 Å². The van der Waals surface area contributed by atoms with Gasteiger partial charge in [0.1, 0.15) is 5.75 Å². The first kappa shape index (κ1) is 5.53. The van der Waals surface area contributed by atoms with Gasteiger partial charge in [0, 0.05) is 12.0 Å². The van der Waals surface area contributed by atoms with E-state index >= 15 is 0 Å². The molecule has 0 atom stereocenters. The first-order valence-corrected chi connectivity index (χ1v) is 3.17. The van der Waals surface area contributed by atoms with Crippen LogP contribution >= 0.6 is 0 Å². The summed E-state index contributed by atoms with van der Waals surface area (Å²) in [6, 6.07) is 1.69. The van der Waals surface area contributed by atoms with Crippen LogP contribution in [0.4, 0.5) is 0 Å². The summed E-state index contributed by atoms with van der Waals surface area (Å²) in [4.78, 5) is 3.89. The molecule has 1 aromatic rings. The molecule has 1 aliphatic heterocycles. The third-order valence-corrected chi connectivity index (χ3v) is 1.52. The van der Waals surface area contributed by atoms with Crippen molar-refractivity contribution in [1.29, 1.82) is 0 Å². The zero-order chi connectivity index (χ0) is 6.97. The largest absolute Gasteiger partial charge is 0.506 e. The number of hydrogen-bond donors (Lipinski definition) is 1. The number of hydrogen-bond acceptors (Lipinski definition) is 3. The summed E-state index contributed by atoms with van der Waals surface area (Å²) in [5, 5.41) is 8.98. The normalized spacial score (nSPS) is 14.4. The van der Waals surface area contributed by atoms with E-state index in [-0.39, 0.29) is 5.75 Å². The van der Waals surface area contributed by atoms with Crippen LogP contribution in [0.15, 0.2) is 12.3 Å². The van der Waals surface area contributed by atoms with E-state index in [0.717, 1.165) is 12.0 Å². The Balaban J connectivity index is 2.52. The zero-order valence-corrected chi connectivity index (χ0v) is 5.37. The second kappa shape index (κ2) is 1.87. The van der Waals surface area contributed by atoms with E-state index in [9.17, 15) is 0 Å². The fraction of sp³-hybridized carbons (Fsp3) is 0.286. The van der Waals surface area contributed by atoms with Gasteiger partial charge in [-0.1, -0.05) is 0 Å². The van der Waals surface area contributed by atoms with Gasteiger partial charge >= 0.3 is 0 Å². The molecule has 2 rings (SSSR count). The lowest BCUT2D eigenvalue weighted by atomic mass is 10.2. The van der Waals surface area contributed by atoms with Gasteiger partial charge in [-0.15, -0.1) is 0 Å². The van der Waals surface area contributed by atoms with E-state index < -0.39 is 0 Å². The standard InChI is InChI=1S/C7H7NO2/c9-6-3-5-1-2-10-7(5)8-4-6/h3-4,9H,1-2H2. The molecule has 0 aliphatic carbocycles. The van der Waals surface area contributed by atoms with Crippen molar-refractivity contribution in [2.75, 3.05) is 6.61 Å². The second-order valence-electron chi connectivity index (χ2n) is 2.26. The lowest BCUT2D eigenvalue weighted by Gasteiger charge is -1.95. The number of fused-ring (bicyclic) bond motifs is 1. The van der Waals surface area contributed by atoms with Crippen LogP contribution in [0.25, 0.3) is 0 Å². The molecular weight excluding hydrogens is 130 g/mol. The van der Waals surface area contributed by atoms with E-state index in [1.54, 1.807) is 6.07 Å². The minimum Gasteiger partial charge on any atom is -0.506 e. The summed E-state index contributed by atoms with van der Waals surface area (Å²) >= 11 is 0.